The molecule has 0 bridgehead atoms. The number of nitrogens with zero attached hydrogens (tertiary/aromatic N) is 4. The number of cyclic esters (lactones) is 4. The van der Waals surface area contributed by atoms with E-state index >= 15 is 8.78 Å². The molecule has 4 amide bonds. The Morgan fingerprint density at radius 1 is 0.423 bits per heavy atom. The molecule has 0 radical (unpaired) electrons. The molecule has 436 valence electrons. The minimum atomic E-state index is -4.76. The summed E-state index contributed by atoms with van der Waals surface area (Å²) >= 11 is 0. The van der Waals surface area contributed by atoms with Gasteiger partial charge in [-0.3, -0.25) is 19.2 Å². The summed E-state index contributed by atoms with van der Waals surface area (Å²) in [5.41, 5.74) is -6.59. The quantitative estimate of drug-likeness (QED) is 0.114. The van der Waals surface area contributed by atoms with Gasteiger partial charge < -0.3 is 38.5 Å². The first-order valence-corrected chi connectivity index (χ1v) is 25.2. The maximum Gasteiger partial charge on any atom is 0.416 e. The highest BCUT2D eigenvalue weighted by Crippen LogP contribution is 2.32. The lowest BCUT2D eigenvalue weighted by Gasteiger charge is -2.36. The molecular formula is C54H72F8N4O12. The molecule has 2 aromatic rings. The van der Waals surface area contributed by atoms with E-state index in [4.69, 9.17) is 18.9 Å². The first kappa shape index (κ1) is 65.9. The topological polar surface area (TPSA) is 186 Å². The summed E-state index contributed by atoms with van der Waals surface area (Å²) in [4.78, 5) is 118. The van der Waals surface area contributed by atoms with Gasteiger partial charge in [0, 0.05) is 53.9 Å². The molecule has 16 nitrogen and oxygen atoms in total. The number of carbonyl (C=O) groups excluding carboxylic acids is 8. The van der Waals surface area contributed by atoms with Crippen LogP contribution in [0.5, 0.6) is 0 Å². The molecule has 8 atom stereocenters. The van der Waals surface area contributed by atoms with E-state index in [1.807, 2.05) is 0 Å². The van der Waals surface area contributed by atoms with E-state index in [-0.39, 0.29) is 24.0 Å². The largest absolute Gasteiger partial charge is 0.451 e. The highest BCUT2D eigenvalue weighted by Gasteiger charge is 2.45. The van der Waals surface area contributed by atoms with Crippen molar-refractivity contribution in [1.82, 2.24) is 19.6 Å². The Kier molecular flexibility index (Phi) is 22.4. The summed E-state index contributed by atoms with van der Waals surface area (Å²) in [6.45, 7) is 13.1. The minimum Gasteiger partial charge on any atom is -0.451 e. The van der Waals surface area contributed by atoms with Crippen molar-refractivity contribution < 1.29 is 92.4 Å². The third-order valence-electron chi connectivity index (χ3n) is 12.8. The van der Waals surface area contributed by atoms with Crippen molar-refractivity contribution in [2.45, 2.75) is 180 Å². The first-order chi connectivity index (χ1) is 35.6. The standard InChI is InChI=1S/C54H72F8N4O12/c1-29(2)23-37-47(71)75-31(5)43(67)65(13)40(28-52(9,10)56)50(74)78-42(26-34-17-21-36(22-18-34)54(60,61)62)46(70)64(12)38(24-30(3)4)48(72)76-32(6)44(68)66(14)39(27-51(7,8)55)49(73)77-41(45(69)63(37)11)25-33-15-19-35(20-16-33)53(57,58)59/h15-22,29-32,37-42H,23-28H2,1-14H3/t31-,32-,37+,38+,39+,40+,41-,42-/m1/s1. The summed E-state index contributed by atoms with van der Waals surface area (Å²) in [5, 5.41) is 0. The zero-order valence-corrected chi connectivity index (χ0v) is 46.3. The van der Waals surface area contributed by atoms with Crippen molar-refractivity contribution in [2.24, 2.45) is 11.8 Å². The van der Waals surface area contributed by atoms with E-state index in [1.165, 1.54) is 0 Å². The van der Waals surface area contributed by atoms with Gasteiger partial charge in [-0.15, -0.1) is 0 Å². The predicted molar refractivity (Wildman–Crippen MR) is 266 cm³/mol. The molecule has 1 heterocycles. The number of likely N-dealkylation sites (N-methyl/N-ethyl adjacent to an activating group) is 4. The van der Waals surface area contributed by atoms with Gasteiger partial charge in [0.1, 0.15) is 35.5 Å². The molecule has 1 fully saturated rings. The Balaban J connectivity index is 2.33. The average Bonchev–Trinajstić information content (AvgIpc) is 3.32. The Morgan fingerprint density at radius 2 is 0.679 bits per heavy atom. The fraction of sp³-hybridized carbons (Fsp3) is 0.630. The van der Waals surface area contributed by atoms with Gasteiger partial charge in [0.15, 0.2) is 24.4 Å². The zero-order valence-electron chi connectivity index (χ0n) is 46.3. The number of ether oxygens (including phenoxy) is 4. The summed E-state index contributed by atoms with van der Waals surface area (Å²) < 4.78 is 136. The Hall–Kier alpha value is -6.36. The van der Waals surface area contributed by atoms with Crippen LogP contribution < -0.4 is 0 Å². The normalized spacial score (nSPS) is 24.3. The number of halogens is 8. The van der Waals surface area contributed by atoms with Crippen molar-refractivity contribution in [3.63, 3.8) is 0 Å². The second-order valence-electron chi connectivity index (χ2n) is 21.8. The maximum atomic E-state index is 15.7. The number of benzene rings is 2. The molecule has 2 aromatic carbocycles. The predicted octanol–water partition coefficient (Wildman–Crippen LogP) is 7.89. The molecule has 1 aliphatic heterocycles. The molecule has 0 spiro atoms. The van der Waals surface area contributed by atoms with Gasteiger partial charge in [0.05, 0.1) is 11.1 Å². The van der Waals surface area contributed by atoms with Gasteiger partial charge in [-0.25, -0.2) is 28.0 Å². The van der Waals surface area contributed by atoms with Crippen LogP contribution in [0.4, 0.5) is 35.1 Å². The molecular weight excluding hydrogens is 1050 g/mol. The molecule has 24 heteroatoms. The van der Waals surface area contributed by atoms with Crippen LogP contribution in [-0.4, -0.2) is 155 Å². The Labute approximate surface area is 449 Å². The van der Waals surface area contributed by atoms with Gasteiger partial charge >= 0.3 is 36.2 Å². The lowest BCUT2D eigenvalue weighted by molar-refractivity contribution is -0.176. The lowest BCUT2D eigenvalue weighted by Crippen LogP contribution is -2.55. The number of esters is 4. The smallest absolute Gasteiger partial charge is 0.416 e. The van der Waals surface area contributed by atoms with Crippen molar-refractivity contribution in [3.8, 4) is 0 Å². The number of alkyl halides is 8. The highest BCUT2D eigenvalue weighted by molar-refractivity contribution is 5.94. The lowest BCUT2D eigenvalue weighted by atomic mass is 9.98. The van der Waals surface area contributed by atoms with Crippen LogP contribution in [0.2, 0.25) is 0 Å². The van der Waals surface area contributed by atoms with Crippen LogP contribution in [-0.2, 0) is 82.5 Å². The number of hydrogen-bond acceptors (Lipinski definition) is 12. The summed E-state index contributed by atoms with van der Waals surface area (Å²) in [5.74, 6) is -10.6. The zero-order chi connectivity index (χ0) is 59.7. The van der Waals surface area contributed by atoms with Crippen molar-refractivity contribution >= 4 is 47.5 Å². The SMILES string of the molecule is CC(C)C[C@H]1C(=O)O[C@H](C)C(=O)N(C)[C@@H](CC(C)(C)F)C(=O)O[C@H](Cc2ccc(C(F)(F)F)cc2)C(=O)N(C)[C@@H](CC(C)C)C(=O)O[C@H](C)C(=O)N(C)[C@@H](CC(C)(C)F)C(=O)O[C@H](Cc2ccc(C(F)(F)F)cc2)C(=O)N1C. The van der Waals surface area contributed by atoms with Crippen molar-refractivity contribution in [1.29, 1.82) is 0 Å². The molecule has 3 rings (SSSR count). The maximum absolute atomic E-state index is 15.7. The van der Waals surface area contributed by atoms with E-state index in [2.05, 4.69) is 0 Å². The average molecular weight is 1120 g/mol. The van der Waals surface area contributed by atoms with E-state index in [9.17, 15) is 64.7 Å². The van der Waals surface area contributed by atoms with Crippen LogP contribution in [0.1, 0.15) is 117 Å². The number of hydrogen-bond donors (Lipinski definition) is 0. The molecule has 0 N–H and O–H groups in total. The molecule has 0 aromatic heterocycles. The Morgan fingerprint density at radius 3 is 0.923 bits per heavy atom. The van der Waals surface area contributed by atoms with Crippen LogP contribution >= 0.6 is 0 Å². The number of carbonyl (C=O) groups is 8. The fourth-order valence-electron chi connectivity index (χ4n) is 8.53. The third kappa shape index (κ3) is 18.9. The van der Waals surface area contributed by atoms with E-state index in [0.717, 1.165) is 104 Å². The molecule has 1 saturated heterocycles. The van der Waals surface area contributed by atoms with Crippen LogP contribution in [0.15, 0.2) is 48.5 Å². The highest BCUT2D eigenvalue weighted by atomic mass is 19.4. The third-order valence-corrected chi connectivity index (χ3v) is 12.8. The molecule has 0 unspecified atom stereocenters. The second-order valence-corrected chi connectivity index (χ2v) is 21.8. The first-order valence-electron chi connectivity index (χ1n) is 25.2. The fourth-order valence-corrected chi connectivity index (χ4v) is 8.53. The van der Waals surface area contributed by atoms with Gasteiger partial charge in [-0.2, -0.15) is 26.3 Å². The molecule has 0 saturated carbocycles. The molecule has 78 heavy (non-hydrogen) atoms. The van der Waals surface area contributed by atoms with E-state index < -0.39 is 168 Å². The van der Waals surface area contributed by atoms with E-state index in [0.29, 0.717) is 34.1 Å². The number of amides is 4. The second kappa shape index (κ2) is 26.5. The summed E-state index contributed by atoms with van der Waals surface area (Å²) in [6, 6.07) is -0.113. The molecule has 1 aliphatic rings. The van der Waals surface area contributed by atoms with Gasteiger partial charge in [-0.1, -0.05) is 52.0 Å². The summed E-state index contributed by atoms with van der Waals surface area (Å²) in [6.07, 6.45) is -20.4. The van der Waals surface area contributed by atoms with Gasteiger partial charge in [0.25, 0.3) is 23.6 Å². The van der Waals surface area contributed by atoms with Crippen LogP contribution in [0, 0.1) is 11.8 Å². The van der Waals surface area contributed by atoms with Crippen LogP contribution in [0.25, 0.3) is 0 Å². The summed E-state index contributed by atoms with van der Waals surface area (Å²) in [7, 11) is 4.31. The Bertz CT molecular complexity index is 2270. The minimum absolute atomic E-state index is 0.0168. The van der Waals surface area contributed by atoms with Crippen molar-refractivity contribution in [3.05, 3.63) is 70.8 Å². The van der Waals surface area contributed by atoms with Crippen LogP contribution in [0.3, 0.4) is 0 Å². The molecule has 0 aliphatic carbocycles. The van der Waals surface area contributed by atoms with Gasteiger partial charge in [-0.05, 0) is 102 Å². The monoisotopic (exact) mass is 1120 g/mol. The number of rotatable bonds is 12. The van der Waals surface area contributed by atoms with Crippen molar-refractivity contribution in [2.75, 3.05) is 28.2 Å². The van der Waals surface area contributed by atoms with Gasteiger partial charge in [0.2, 0.25) is 0 Å². The van der Waals surface area contributed by atoms with E-state index in [1.54, 1.807) is 27.7 Å².